The SMILES string of the molecule is CCNC(=NCCc1ccco1)N1CCN(CC)C(=O)C1. The second-order valence-corrected chi connectivity index (χ2v) is 4.96. The molecule has 1 N–H and O–H groups in total. The van der Waals surface area contributed by atoms with Crippen molar-refractivity contribution in [2.24, 2.45) is 4.99 Å². The molecule has 0 bridgehead atoms. The maximum atomic E-state index is 12.0. The van der Waals surface area contributed by atoms with Crippen LogP contribution in [-0.4, -0.2) is 60.9 Å². The van der Waals surface area contributed by atoms with E-state index >= 15 is 0 Å². The van der Waals surface area contributed by atoms with Gasteiger partial charge >= 0.3 is 0 Å². The Bertz CT molecular complexity index is 470. The van der Waals surface area contributed by atoms with Gasteiger partial charge in [-0.1, -0.05) is 0 Å². The lowest BCUT2D eigenvalue weighted by molar-refractivity contribution is -0.134. The van der Waals surface area contributed by atoms with Gasteiger partial charge in [0.25, 0.3) is 0 Å². The number of nitrogens with one attached hydrogen (secondary N) is 1. The number of carbonyl (C=O) groups is 1. The van der Waals surface area contributed by atoms with Crippen LogP contribution in [0, 0.1) is 0 Å². The van der Waals surface area contributed by atoms with Crippen LogP contribution in [0.5, 0.6) is 0 Å². The minimum Gasteiger partial charge on any atom is -0.469 e. The highest BCUT2D eigenvalue weighted by molar-refractivity contribution is 5.87. The summed E-state index contributed by atoms with van der Waals surface area (Å²) in [5, 5.41) is 3.26. The average Bonchev–Trinajstić information content (AvgIpc) is 2.99. The predicted molar refractivity (Wildman–Crippen MR) is 82.2 cm³/mol. The van der Waals surface area contributed by atoms with E-state index in [0.29, 0.717) is 13.1 Å². The van der Waals surface area contributed by atoms with Crippen LogP contribution in [0.1, 0.15) is 19.6 Å². The lowest BCUT2D eigenvalue weighted by Gasteiger charge is -2.35. The number of hydrogen-bond acceptors (Lipinski definition) is 3. The Morgan fingerprint density at radius 1 is 1.43 bits per heavy atom. The van der Waals surface area contributed by atoms with E-state index in [1.165, 1.54) is 0 Å². The van der Waals surface area contributed by atoms with Crippen LogP contribution < -0.4 is 5.32 Å². The summed E-state index contributed by atoms with van der Waals surface area (Å²) in [6.45, 7) is 8.26. The lowest BCUT2D eigenvalue weighted by atomic mass is 10.3. The first-order chi connectivity index (χ1) is 10.2. The van der Waals surface area contributed by atoms with Gasteiger partial charge in [0, 0.05) is 39.1 Å². The summed E-state index contributed by atoms with van der Waals surface area (Å²) < 4.78 is 5.30. The number of likely N-dealkylation sites (N-methyl/N-ethyl adjacent to an activating group) is 1. The maximum absolute atomic E-state index is 12.0. The fourth-order valence-electron chi connectivity index (χ4n) is 2.38. The third-order valence-corrected chi connectivity index (χ3v) is 3.53. The van der Waals surface area contributed by atoms with Gasteiger partial charge in [0.15, 0.2) is 5.96 Å². The number of carbonyl (C=O) groups excluding carboxylic acids is 1. The van der Waals surface area contributed by atoms with Gasteiger partial charge in [-0.25, -0.2) is 0 Å². The quantitative estimate of drug-likeness (QED) is 0.648. The molecule has 0 radical (unpaired) electrons. The Morgan fingerprint density at radius 2 is 2.29 bits per heavy atom. The van der Waals surface area contributed by atoms with Crippen LogP contribution in [-0.2, 0) is 11.2 Å². The smallest absolute Gasteiger partial charge is 0.242 e. The van der Waals surface area contributed by atoms with E-state index in [1.807, 2.05) is 35.8 Å². The van der Waals surface area contributed by atoms with Crippen molar-refractivity contribution in [1.82, 2.24) is 15.1 Å². The van der Waals surface area contributed by atoms with Crippen LogP contribution >= 0.6 is 0 Å². The molecule has 1 aromatic rings. The Balaban J connectivity index is 1.93. The zero-order chi connectivity index (χ0) is 15.1. The molecule has 0 unspecified atom stereocenters. The highest BCUT2D eigenvalue weighted by Crippen LogP contribution is 2.05. The van der Waals surface area contributed by atoms with Gasteiger partial charge in [0.1, 0.15) is 5.76 Å². The summed E-state index contributed by atoms with van der Waals surface area (Å²) in [5.41, 5.74) is 0. The minimum absolute atomic E-state index is 0.167. The van der Waals surface area contributed by atoms with Gasteiger partial charge in [-0.15, -0.1) is 0 Å². The molecule has 0 aliphatic carbocycles. The van der Waals surface area contributed by atoms with E-state index < -0.39 is 0 Å². The van der Waals surface area contributed by atoms with Crippen molar-refractivity contribution in [3.05, 3.63) is 24.2 Å². The second-order valence-electron chi connectivity index (χ2n) is 4.96. The first-order valence-corrected chi connectivity index (χ1v) is 7.58. The Hall–Kier alpha value is -1.98. The first-order valence-electron chi connectivity index (χ1n) is 7.58. The van der Waals surface area contributed by atoms with Crippen LogP contribution in [0.15, 0.2) is 27.8 Å². The molecule has 1 aliphatic rings. The van der Waals surface area contributed by atoms with Crippen molar-refractivity contribution in [2.75, 3.05) is 39.3 Å². The second kappa shape index (κ2) is 7.71. The molecular weight excluding hydrogens is 268 g/mol. The lowest BCUT2D eigenvalue weighted by Crippen LogP contribution is -2.55. The molecule has 1 fully saturated rings. The highest BCUT2D eigenvalue weighted by atomic mass is 16.3. The number of hydrogen-bond donors (Lipinski definition) is 1. The topological polar surface area (TPSA) is 61.1 Å². The molecule has 1 saturated heterocycles. The number of piperazine rings is 1. The minimum atomic E-state index is 0.167. The zero-order valence-electron chi connectivity index (χ0n) is 12.8. The van der Waals surface area contributed by atoms with Crippen molar-refractivity contribution in [1.29, 1.82) is 0 Å². The van der Waals surface area contributed by atoms with E-state index in [0.717, 1.165) is 44.3 Å². The van der Waals surface area contributed by atoms with Crippen molar-refractivity contribution in [3.63, 3.8) is 0 Å². The number of rotatable bonds is 5. The zero-order valence-corrected chi connectivity index (χ0v) is 12.8. The molecule has 116 valence electrons. The van der Waals surface area contributed by atoms with Gasteiger partial charge in [0.2, 0.25) is 5.91 Å². The van der Waals surface area contributed by atoms with Crippen molar-refractivity contribution in [2.45, 2.75) is 20.3 Å². The van der Waals surface area contributed by atoms with Gasteiger partial charge in [0.05, 0.1) is 12.8 Å². The predicted octanol–water partition coefficient (Wildman–Crippen LogP) is 0.952. The molecular formula is C15H24N4O2. The third kappa shape index (κ3) is 4.24. The standard InChI is InChI=1S/C15H24N4O2/c1-3-16-15(17-8-7-13-6-5-11-21-13)19-10-9-18(4-2)14(20)12-19/h5-6,11H,3-4,7-10,12H2,1-2H3,(H,16,17). The fraction of sp³-hybridized carbons (Fsp3) is 0.600. The van der Waals surface area contributed by atoms with Gasteiger partial charge in [-0.3, -0.25) is 9.79 Å². The Kier molecular flexibility index (Phi) is 5.66. The monoisotopic (exact) mass is 292 g/mol. The van der Waals surface area contributed by atoms with E-state index in [1.54, 1.807) is 6.26 Å². The Morgan fingerprint density at radius 3 is 2.90 bits per heavy atom. The van der Waals surface area contributed by atoms with Gasteiger partial charge < -0.3 is 19.5 Å². The van der Waals surface area contributed by atoms with Crippen molar-refractivity contribution in [3.8, 4) is 0 Å². The summed E-state index contributed by atoms with van der Waals surface area (Å²) in [4.78, 5) is 20.5. The van der Waals surface area contributed by atoms with E-state index in [2.05, 4.69) is 10.3 Å². The summed E-state index contributed by atoms with van der Waals surface area (Å²) >= 11 is 0. The van der Waals surface area contributed by atoms with E-state index in [9.17, 15) is 4.79 Å². The highest BCUT2D eigenvalue weighted by Gasteiger charge is 2.24. The average molecular weight is 292 g/mol. The molecule has 1 aliphatic heterocycles. The molecule has 0 spiro atoms. The summed E-state index contributed by atoms with van der Waals surface area (Å²) in [5.74, 6) is 1.91. The van der Waals surface area contributed by atoms with Crippen LogP contribution in [0.2, 0.25) is 0 Å². The molecule has 0 aromatic carbocycles. The van der Waals surface area contributed by atoms with Gasteiger partial charge in [-0.2, -0.15) is 0 Å². The fourth-order valence-corrected chi connectivity index (χ4v) is 2.38. The summed E-state index contributed by atoms with van der Waals surface area (Å²) in [6.07, 6.45) is 2.44. The molecule has 6 nitrogen and oxygen atoms in total. The Labute approximate surface area is 125 Å². The molecule has 2 heterocycles. The first kappa shape index (κ1) is 15.4. The van der Waals surface area contributed by atoms with Crippen molar-refractivity contribution < 1.29 is 9.21 Å². The molecule has 6 heteroatoms. The summed E-state index contributed by atoms with van der Waals surface area (Å²) in [6, 6.07) is 3.83. The van der Waals surface area contributed by atoms with Crippen molar-refractivity contribution >= 4 is 11.9 Å². The number of nitrogens with zero attached hydrogens (tertiary/aromatic N) is 3. The molecule has 0 saturated carbocycles. The van der Waals surface area contributed by atoms with Crippen LogP contribution in [0.25, 0.3) is 0 Å². The summed E-state index contributed by atoms with van der Waals surface area (Å²) in [7, 11) is 0. The van der Waals surface area contributed by atoms with E-state index in [4.69, 9.17) is 4.42 Å². The molecule has 1 amide bonds. The van der Waals surface area contributed by atoms with Crippen LogP contribution in [0.4, 0.5) is 0 Å². The largest absolute Gasteiger partial charge is 0.469 e. The number of furan rings is 1. The molecule has 21 heavy (non-hydrogen) atoms. The van der Waals surface area contributed by atoms with Crippen LogP contribution in [0.3, 0.4) is 0 Å². The number of guanidine groups is 1. The number of aliphatic imine (C=N–C) groups is 1. The molecule has 0 atom stereocenters. The van der Waals surface area contributed by atoms with E-state index in [-0.39, 0.29) is 5.91 Å². The third-order valence-electron chi connectivity index (χ3n) is 3.53. The molecule has 2 rings (SSSR count). The molecule has 1 aromatic heterocycles. The maximum Gasteiger partial charge on any atom is 0.242 e. The number of amides is 1. The normalized spacial score (nSPS) is 16.5. The van der Waals surface area contributed by atoms with Gasteiger partial charge in [-0.05, 0) is 26.0 Å².